The van der Waals surface area contributed by atoms with Crippen LogP contribution >= 0.6 is 0 Å². The molecule has 0 saturated heterocycles. The zero-order valence-corrected chi connectivity index (χ0v) is 19.7. The molecular formula is C31H24N4. The second-order valence-corrected chi connectivity index (χ2v) is 9.61. The van der Waals surface area contributed by atoms with Crippen molar-refractivity contribution in [2.45, 2.75) is 19.3 Å². The van der Waals surface area contributed by atoms with Crippen LogP contribution in [-0.2, 0) is 5.41 Å². The molecule has 0 spiro atoms. The van der Waals surface area contributed by atoms with Gasteiger partial charge in [-0.3, -0.25) is 9.97 Å². The first kappa shape index (κ1) is 20.0. The number of hydrogen-bond donors (Lipinski definition) is 0. The second-order valence-electron chi connectivity index (χ2n) is 9.61. The average molecular weight is 453 g/mol. The minimum atomic E-state index is -0.0810. The van der Waals surface area contributed by atoms with Crippen LogP contribution < -0.4 is 4.90 Å². The van der Waals surface area contributed by atoms with E-state index in [1.165, 1.54) is 22.5 Å². The molecule has 0 N–H and O–H groups in total. The summed E-state index contributed by atoms with van der Waals surface area (Å²) in [5.74, 6) is 0. The van der Waals surface area contributed by atoms with Gasteiger partial charge in [-0.1, -0.05) is 50.2 Å². The first-order chi connectivity index (χ1) is 17.1. The van der Waals surface area contributed by atoms with Crippen molar-refractivity contribution in [3.63, 3.8) is 0 Å². The van der Waals surface area contributed by atoms with Crippen molar-refractivity contribution < 1.29 is 0 Å². The molecule has 6 aromatic rings. The molecule has 0 unspecified atom stereocenters. The van der Waals surface area contributed by atoms with Crippen LogP contribution in [0.5, 0.6) is 0 Å². The summed E-state index contributed by atoms with van der Waals surface area (Å²) in [4.78, 5) is 11.5. The van der Waals surface area contributed by atoms with Gasteiger partial charge in [-0.15, -0.1) is 0 Å². The van der Waals surface area contributed by atoms with E-state index in [2.05, 4.69) is 107 Å². The van der Waals surface area contributed by atoms with Gasteiger partial charge >= 0.3 is 0 Å². The van der Waals surface area contributed by atoms with Gasteiger partial charge in [0.2, 0.25) is 0 Å². The molecule has 0 aliphatic carbocycles. The van der Waals surface area contributed by atoms with Crippen molar-refractivity contribution in [1.82, 2.24) is 14.5 Å². The number of benzene rings is 3. The van der Waals surface area contributed by atoms with Gasteiger partial charge in [-0.2, -0.15) is 0 Å². The summed E-state index contributed by atoms with van der Waals surface area (Å²) in [5.41, 5.74) is 10.4. The van der Waals surface area contributed by atoms with E-state index in [1.807, 2.05) is 30.7 Å². The monoisotopic (exact) mass is 452 g/mol. The van der Waals surface area contributed by atoms with Crippen LogP contribution in [0.2, 0.25) is 0 Å². The summed E-state index contributed by atoms with van der Waals surface area (Å²) >= 11 is 0. The lowest BCUT2D eigenvalue weighted by atomic mass is 9.73. The van der Waals surface area contributed by atoms with Gasteiger partial charge < -0.3 is 9.47 Å². The molecule has 1 aliphatic rings. The Morgan fingerprint density at radius 3 is 2.09 bits per heavy atom. The third-order valence-electron chi connectivity index (χ3n) is 7.30. The van der Waals surface area contributed by atoms with Crippen LogP contribution in [0.25, 0.3) is 27.6 Å². The van der Waals surface area contributed by atoms with Crippen molar-refractivity contribution in [2.75, 3.05) is 4.90 Å². The summed E-state index contributed by atoms with van der Waals surface area (Å²) in [6, 6.07) is 32.4. The molecule has 1 aliphatic heterocycles. The number of pyridine rings is 2. The zero-order valence-electron chi connectivity index (χ0n) is 19.7. The smallest absolute Gasteiger partial charge is 0.0963 e. The van der Waals surface area contributed by atoms with Gasteiger partial charge in [0.1, 0.15) is 0 Å². The normalized spacial score (nSPS) is 14.2. The van der Waals surface area contributed by atoms with Crippen molar-refractivity contribution in [1.29, 1.82) is 0 Å². The lowest BCUT2D eigenvalue weighted by Gasteiger charge is -2.42. The largest absolute Gasteiger partial charge is 0.310 e. The Labute approximate surface area is 204 Å². The van der Waals surface area contributed by atoms with Gasteiger partial charge in [0.05, 0.1) is 39.8 Å². The minimum Gasteiger partial charge on any atom is -0.310 e. The van der Waals surface area contributed by atoms with E-state index in [-0.39, 0.29) is 5.41 Å². The first-order valence-electron chi connectivity index (χ1n) is 11.9. The number of fused-ring (bicyclic) bond motifs is 5. The molecule has 3 aromatic heterocycles. The van der Waals surface area contributed by atoms with Gasteiger partial charge in [0, 0.05) is 28.9 Å². The fraction of sp³-hybridized carbons (Fsp3) is 0.0968. The Morgan fingerprint density at radius 1 is 0.657 bits per heavy atom. The molecule has 0 saturated carbocycles. The molecule has 35 heavy (non-hydrogen) atoms. The molecule has 0 amide bonds. The van der Waals surface area contributed by atoms with Crippen molar-refractivity contribution >= 4 is 39.0 Å². The van der Waals surface area contributed by atoms with Crippen LogP contribution in [0, 0.1) is 0 Å². The highest BCUT2D eigenvalue weighted by molar-refractivity contribution is 6.08. The van der Waals surface area contributed by atoms with Crippen LogP contribution in [0.1, 0.15) is 25.0 Å². The number of anilines is 3. The van der Waals surface area contributed by atoms with E-state index >= 15 is 0 Å². The molecule has 0 bridgehead atoms. The fourth-order valence-corrected chi connectivity index (χ4v) is 5.67. The van der Waals surface area contributed by atoms with E-state index in [0.29, 0.717) is 0 Å². The molecule has 3 aromatic carbocycles. The lowest BCUT2D eigenvalue weighted by Crippen LogP contribution is -2.30. The Bertz CT molecular complexity index is 1680. The molecule has 4 heteroatoms. The number of rotatable bonds is 2. The van der Waals surface area contributed by atoms with E-state index in [0.717, 1.165) is 33.3 Å². The number of aromatic nitrogens is 3. The minimum absolute atomic E-state index is 0.0810. The van der Waals surface area contributed by atoms with Crippen molar-refractivity contribution in [3.05, 3.63) is 121 Å². The molecule has 168 valence electrons. The quantitative estimate of drug-likeness (QED) is 0.270. The maximum absolute atomic E-state index is 4.73. The molecular weight excluding hydrogens is 428 g/mol. The predicted molar refractivity (Wildman–Crippen MR) is 143 cm³/mol. The van der Waals surface area contributed by atoms with E-state index in [4.69, 9.17) is 4.98 Å². The van der Waals surface area contributed by atoms with E-state index in [1.54, 1.807) is 0 Å². The van der Waals surface area contributed by atoms with Crippen LogP contribution in [0.4, 0.5) is 17.1 Å². The maximum Gasteiger partial charge on any atom is 0.0963 e. The standard InChI is InChI=1S/C31H24N4/c1-31(2)24-10-3-5-12-26(24)34(27-13-6-4-11-25(27)31)21-15-16-23-29(19-21)35(22-9-7-17-32-20-22)28-14-8-18-33-30(23)28/h3-20H,1-2H3. The van der Waals surface area contributed by atoms with Gasteiger partial charge in [-0.05, 0) is 65.7 Å². The predicted octanol–water partition coefficient (Wildman–Crippen LogP) is 7.68. The zero-order chi connectivity index (χ0) is 23.6. The highest BCUT2D eigenvalue weighted by atomic mass is 15.2. The molecule has 4 heterocycles. The third-order valence-corrected chi connectivity index (χ3v) is 7.30. The number of nitrogens with zero attached hydrogens (tertiary/aromatic N) is 4. The van der Waals surface area contributed by atoms with Gasteiger partial charge in [0.25, 0.3) is 0 Å². The topological polar surface area (TPSA) is 34.0 Å². The molecule has 0 atom stereocenters. The Morgan fingerprint density at radius 2 is 1.37 bits per heavy atom. The average Bonchev–Trinajstić information content (AvgIpc) is 3.23. The molecule has 0 radical (unpaired) electrons. The highest BCUT2D eigenvalue weighted by Crippen LogP contribution is 2.52. The van der Waals surface area contributed by atoms with Gasteiger partial charge in [-0.25, -0.2) is 0 Å². The fourth-order valence-electron chi connectivity index (χ4n) is 5.67. The van der Waals surface area contributed by atoms with E-state index in [9.17, 15) is 0 Å². The van der Waals surface area contributed by atoms with Gasteiger partial charge in [0.15, 0.2) is 0 Å². The summed E-state index contributed by atoms with van der Waals surface area (Å²) < 4.78 is 2.26. The van der Waals surface area contributed by atoms with Crippen LogP contribution in [0.15, 0.2) is 110 Å². The number of para-hydroxylation sites is 2. The van der Waals surface area contributed by atoms with Crippen LogP contribution in [0.3, 0.4) is 0 Å². The second kappa shape index (κ2) is 7.28. The molecule has 4 nitrogen and oxygen atoms in total. The van der Waals surface area contributed by atoms with E-state index < -0.39 is 0 Å². The SMILES string of the molecule is CC1(C)c2ccccc2N(c2ccc3c4ncccc4n(-c4cccnc4)c3c2)c2ccccc21. The maximum atomic E-state index is 4.73. The van der Waals surface area contributed by atoms with Crippen molar-refractivity contribution in [2.24, 2.45) is 0 Å². The highest BCUT2D eigenvalue weighted by Gasteiger charge is 2.36. The summed E-state index contributed by atoms with van der Waals surface area (Å²) in [6.45, 7) is 4.63. The number of hydrogen-bond acceptors (Lipinski definition) is 3. The lowest BCUT2D eigenvalue weighted by molar-refractivity contribution is 0.632. The third kappa shape index (κ3) is 2.80. The van der Waals surface area contributed by atoms with Crippen LogP contribution in [-0.4, -0.2) is 14.5 Å². The van der Waals surface area contributed by atoms with Crippen molar-refractivity contribution in [3.8, 4) is 5.69 Å². The first-order valence-corrected chi connectivity index (χ1v) is 11.9. The Kier molecular flexibility index (Phi) is 4.15. The molecule has 7 rings (SSSR count). The molecule has 0 fully saturated rings. The summed E-state index contributed by atoms with van der Waals surface area (Å²) in [5, 5.41) is 1.13. The Hall–Kier alpha value is -4.44. The summed E-state index contributed by atoms with van der Waals surface area (Å²) in [6.07, 6.45) is 5.58. The Balaban J connectivity index is 1.54. The summed E-state index contributed by atoms with van der Waals surface area (Å²) in [7, 11) is 0.